The standard InChI is InChI=1S/C22H20ClN3O6/c23-14-4-1-12(2-5-14)13-3-6-16-15(9-13)22(31)26-8-7-17(20(26)21(30)25-16)24-18(27)10-32-11-19(28)29/h1-6,9,17,20H,7-8,10-11H2,(H,24,27)(H,25,30)(H,28,29)/t17-,20-/m0/s1. The monoisotopic (exact) mass is 457 g/mol. The van der Waals surface area contributed by atoms with Crippen molar-refractivity contribution in [1.82, 2.24) is 10.2 Å². The van der Waals surface area contributed by atoms with Crippen molar-refractivity contribution in [3.05, 3.63) is 53.1 Å². The highest BCUT2D eigenvalue weighted by Crippen LogP contribution is 2.32. The van der Waals surface area contributed by atoms with Crippen LogP contribution >= 0.6 is 11.6 Å². The summed E-state index contributed by atoms with van der Waals surface area (Å²) < 4.78 is 4.79. The van der Waals surface area contributed by atoms with Gasteiger partial charge in [-0.15, -0.1) is 0 Å². The number of amides is 3. The number of hydrogen-bond donors (Lipinski definition) is 3. The van der Waals surface area contributed by atoms with Crippen LogP contribution in [-0.2, 0) is 19.1 Å². The fraction of sp³-hybridized carbons (Fsp3) is 0.273. The van der Waals surface area contributed by atoms with E-state index in [1.165, 1.54) is 4.90 Å². The maximum Gasteiger partial charge on any atom is 0.329 e. The van der Waals surface area contributed by atoms with Gasteiger partial charge < -0.3 is 25.4 Å². The molecule has 9 nitrogen and oxygen atoms in total. The van der Waals surface area contributed by atoms with E-state index in [1.807, 2.05) is 18.2 Å². The molecule has 1 saturated heterocycles. The van der Waals surface area contributed by atoms with Crippen molar-refractivity contribution >= 4 is 41.0 Å². The number of rotatable bonds is 6. The molecule has 2 atom stereocenters. The molecular weight excluding hydrogens is 438 g/mol. The van der Waals surface area contributed by atoms with Crippen LogP contribution in [0.3, 0.4) is 0 Å². The Kier molecular flexibility index (Phi) is 6.11. The van der Waals surface area contributed by atoms with Crippen LogP contribution < -0.4 is 10.6 Å². The van der Waals surface area contributed by atoms with Gasteiger partial charge in [0.25, 0.3) is 5.91 Å². The predicted molar refractivity (Wildman–Crippen MR) is 115 cm³/mol. The number of aliphatic carboxylic acids is 1. The van der Waals surface area contributed by atoms with Crippen molar-refractivity contribution in [1.29, 1.82) is 0 Å². The van der Waals surface area contributed by atoms with Gasteiger partial charge in [0.2, 0.25) is 11.8 Å². The normalized spacial score (nSPS) is 19.6. The van der Waals surface area contributed by atoms with Crippen molar-refractivity contribution in [3.8, 4) is 11.1 Å². The number of nitrogens with zero attached hydrogens (tertiary/aromatic N) is 1. The molecule has 2 aliphatic heterocycles. The molecule has 0 saturated carbocycles. The maximum absolute atomic E-state index is 13.3. The summed E-state index contributed by atoms with van der Waals surface area (Å²) in [6, 6.07) is 11.0. The lowest BCUT2D eigenvalue weighted by molar-refractivity contribution is -0.143. The highest BCUT2D eigenvalue weighted by Gasteiger charge is 2.45. The molecule has 0 aliphatic carbocycles. The number of benzene rings is 2. The van der Waals surface area contributed by atoms with E-state index in [2.05, 4.69) is 10.6 Å². The Morgan fingerprint density at radius 1 is 1.12 bits per heavy atom. The molecule has 0 aromatic heterocycles. The van der Waals surface area contributed by atoms with E-state index < -0.39 is 43.1 Å². The number of anilines is 1. The topological polar surface area (TPSA) is 125 Å². The van der Waals surface area contributed by atoms with Crippen LogP contribution in [0.5, 0.6) is 0 Å². The van der Waals surface area contributed by atoms with Gasteiger partial charge in [-0.2, -0.15) is 0 Å². The summed E-state index contributed by atoms with van der Waals surface area (Å²) in [7, 11) is 0. The van der Waals surface area contributed by atoms with Gasteiger partial charge in [-0.3, -0.25) is 14.4 Å². The molecule has 0 radical (unpaired) electrons. The average molecular weight is 458 g/mol. The van der Waals surface area contributed by atoms with Gasteiger partial charge in [0.1, 0.15) is 19.3 Å². The molecular formula is C22H20ClN3O6. The first-order valence-corrected chi connectivity index (χ1v) is 10.3. The minimum absolute atomic E-state index is 0.294. The van der Waals surface area contributed by atoms with Gasteiger partial charge in [-0.05, 0) is 41.8 Å². The Balaban J connectivity index is 1.53. The van der Waals surface area contributed by atoms with Crippen LogP contribution in [-0.4, -0.2) is 65.5 Å². The smallest absolute Gasteiger partial charge is 0.329 e. The fourth-order valence-electron chi connectivity index (χ4n) is 3.99. The number of carboxylic acid groups (broad SMARTS) is 1. The molecule has 166 valence electrons. The summed E-state index contributed by atoms with van der Waals surface area (Å²) in [6.07, 6.45) is 0.390. The fourth-order valence-corrected chi connectivity index (χ4v) is 4.11. The molecule has 2 heterocycles. The summed E-state index contributed by atoms with van der Waals surface area (Å²) in [4.78, 5) is 50.3. The van der Waals surface area contributed by atoms with Crippen molar-refractivity contribution in [2.75, 3.05) is 25.1 Å². The van der Waals surface area contributed by atoms with E-state index >= 15 is 0 Å². The van der Waals surface area contributed by atoms with Gasteiger partial charge in [0.15, 0.2) is 0 Å². The molecule has 3 amide bonds. The number of ether oxygens (including phenoxy) is 1. The first-order chi connectivity index (χ1) is 15.3. The molecule has 1 fully saturated rings. The second kappa shape index (κ2) is 8.97. The SMILES string of the molecule is O=C(O)COCC(=O)N[C@H]1CCN2C(=O)c3cc(-c4ccc(Cl)cc4)ccc3NC(=O)[C@H]12. The Morgan fingerprint density at radius 2 is 1.84 bits per heavy atom. The number of nitrogens with one attached hydrogen (secondary N) is 2. The number of carboxylic acids is 1. The zero-order chi connectivity index (χ0) is 22.8. The molecule has 3 N–H and O–H groups in total. The minimum Gasteiger partial charge on any atom is -0.480 e. The van der Waals surface area contributed by atoms with Gasteiger partial charge >= 0.3 is 5.97 Å². The van der Waals surface area contributed by atoms with E-state index in [0.717, 1.165) is 11.1 Å². The Hall–Kier alpha value is -3.43. The Labute approximate surface area is 188 Å². The van der Waals surface area contributed by atoms with Crippen LogP contribution in [0.2, 0.25) is 5.02 Å². The van der Waals surface area contributed by atoms with Crippen molar-refractivity contribution in [2.45, 2.75) is 18.5 Å². The summed E-state index contributed by atoms with van der Waals surface area (Å²) in [5, 5.41) is 14.7. The molecule has 0 spiro atoms. The van der Waals surface area contributed by atoms with Crippen molar-refractivity contribution in [2.24, 2.45) is 0 Å². The van der Waals surface area contributed by atoms with Crippen LogP contribution in [0.15, 0.2) is 42.5 Å². The summed E-state index contributed by atoms with van der Waals surface area (Å²) in [6.45, 7) is -0.754. The van der Waals surface area contributed by atoms with E-state index in [4.69, 9.17) is 21.4 Å². The molecule has 0 unspecified atom stereocenters. The maximum atomic E-state index is 13.3. The molecule has 2 aromatic carbocycles. The van der Waals surface area contributed by atoms with Crippen molar-refractivity contribution < 1.29 is 29.0 Å². The summed E-state index contributed by atoms with van der Waals surface area (Å²) >= 11 is 5.96. The van der Waals surface area contributed by atoms with Gasteiger partial charge in [-0.25, -0.2) is 4.79 Å². The van der Waals surface area contributed by atoms with Crippen LogP contribution in [0.25, 0.3) is 11.1 Å². The lowest BCUT2D eigenvalue weighted by Crippen LogP contribution is -2.52. The van der Waals surface area contributed by atoms with E-state index in [-0.39, 0.29) is 5.91 Å². The molecule has 10 heteroatoms. The average Bonchev–Trinajstić information content (AvgIpc) is 3.13. The lowest BCUT2D eigenvalue weighted by Gasteiger charge is -2.24. The third kappa shape index (κ3) is 4.44. The first kappa shape index (κ1) is 21.8. The second-order valence-electron chi connectivity index (χ2n) is 7.55. The Bertz CT molecular complexity index is 1090. The molecule has 32 heavy (non-hydrogen) atoms. The molecule has 2 aliphatic rings. The Morgan fingerprint density at radius 3 is 2.56 bits per heavy atom. The summed E-state index contributed by atoms with van der Waals surface area (Å²) in [5.41, 5.74) is 2.46. The van der Waals surface area contributed by atoms with Crippen LogP contribution in [0.4, 0.5) is 5.69 Å². The molecule has 4 rings (SSSR count). The molecule has 2 aromatic rings. The van der Waals surface area contributed by atoms with Crippen molar-refractivity contribution in [3.63, 3.8) is 0 Å². The lowest BCUT2D eigenvalue weighted by atomic mass is 10.0. The van der Waals surface area contributed by atoms with Crippen LogP contribution in [0, 0.1) is 0 Å². The second-order valence-corrected chi connectivity index (χ2v) is 7.99. The van der Waals surface area contributed by atoms with Gasteiger partial charge in [0, 0.05) is 11.6 Å². The van der Waals surface area contributed by atoms with E-state index in [0.29, 0.717) is 29.2 Å². The predicted octanol–water partition coefficient (Wildman–Crippen LogP) is 1.76. The van der Waals surface area contributed by atoms with E-state index in [1.54, 1.807) is 24.3 Å². The third-order valence-corrected chi connectivity index (χ3v) is 5.67. The highest BCUT2D eigenvalue weighted by molar-refractivity contribution is 6.30. The number of fused-ring (bicyclic) bond motifs is 2. The number of carbonyl (C=O) groups excluding carboxylic acids is 3. The first-order valence-electron chi connectivity index (χ1n) is 9.94. The number of carbonyl (C=O) groups is 4. The minimum atomic E-state index is -1.19. The quantitative estimate of drug-likeness (QED) is 0.607. The van der Waals surface area contributed by atoms with E-state index in [9.17, 15) is 19.2 Å². The zero-order valence-electron chi connectivity index (χ0n) is 16.8. The van der Waals surface area contributed by atoms with Crippen LogP contribution in [0.1, 0.15) is 16.8 Å². The number of halogens is 1. The summed E-state index contributed by atoms with van der Waals surface area (Å²) in [5.74, 6) is -2.44. The zero-order valence-corrected chi connectivity index (χ0v) is 17.6. The largest absolute Gasteiger partial charge is 0.480 e. The third-order valence-electron chi connectivity index (χ3n) is 5.42. The number of hydrogen-bond acceptors (Lipinski definition) is 5. The highest BCUT2D eigenvalue weighted by atomic mass is 35.5. The van der Waals surface area contributed by atoms with Gasteiger partial charge in [-0.1, -0.05) is 29.8 Å². The molecule has 0 bridgehead atoms. The van der Waals surface area contributed by atoms with Gasteiger partial charge in [0.05, 0.1) is 17.3 Å².